The molecule has 1 saturated heterocycles. The van der Waals surface area contributed by atoms with Gasteiger partial charge in [0.15, 0.2) is 22.4 Å². The molecule has 5 rings (SSSR count). The standard InChI is InChI=1S/C29H28N4O5S/c1-36-24-12-7-20(18-25(24)37-2)27(34)31-29(39)30-21-8-10-22(11-9-21)32-13-15-33(16-14-32)28(35)26-17-19-5-3-4-6-23(19)38-26/h3-12,17-18H,13-16H2,1-2H3,(H2,30,31,34,39). The number of nitrogens with zero attached hydrogens (tertiary/aromatic N) is 2. The Balaban J connectivity index is 1.13. The molecule has 1 aromatic heterocycles. The van der Waals surface area contributed by atoms with Crippen LogP contribution in [0.25, 0.3) is 11.0 Å². The number of carbonyl (C=O) groups is 2. The molecule has 0 atom stereocenters. The molecule has 0 bridgehead atoms. The van der Waals surface area contributed by atoms with E-state index in [1.165, 1.54) is 14.2 Å². The SMILES string of the molecule is COc1ccc(C(=O)NC(=S)Nc2ccc(N3CCN(C(=O)c4cc5ccccc5o4)CC3)cc2)cc1OC. The summed E-state index contributed by atoms with van der Waals surface area (Å²) < 4.78 is 16.2. The number of furan rings is 1. The number of hydrogen-bond acceptors (Lipinski definition) is 7. The van der Waals surface area contributed by atoms with E-state index in [-0.39, 0.29) is 16.9 Å². The van der Waals surface area contributed by atoms with Crippen LogP contribution in [0.5, 0.6) is 11.5 Å². The first-order chi connectivity index (χ1) is 18.9. The Bertz CT molecular complexity index is 1480. The van der Waals surface area contributed by atoms with Gasteiger partial charge in [-0.15, -0.1) is 0 Å². The summed E-state index contributed by atoms with van der Waals surface area (Å²) in [5.74, 6) is 0.914. The highest BCUT2D eigenvalue weighted by Crippen LogP contribution is 2.27. The molecule has 9 nitrogen and oxygen atoms in total. The van der Waals surface area contributed by atoms with Crippen LogP contribution in [-0.2, 0) is 0 Å². The summed E-state index contributed by atoms with van der Waals surface area (Å²) in [7, 11) is 3.05. The van der Waals surface area contributed by atoms with Crippen molar-refractivity contribution in [2.75, 3.05) is 50.6 Å². The number of methoxy groups -OCH3 is 2. The van der Waals surface area contributed by atoms with Crippen molar-refractivity contribution >= 4 is 51.5 Å². The topological polar surface area (TPSA) is 96.3 Å². The number of anilines is 2. The Morgan fingerprint density at radius 3 is 2.28 bits per heavy atom. The number of ether oxygens (including phenoxy) is 2. The summed E-state index contributed by atoms with van der Waals surface area (Å²) >= 11 is 5.32. The minimum absolute atomic E-state index is 0.0889. The predicted octanol–water partition coefficient (Wildman–Crippen LogP) is 4.54. The zero-order valence-electron chi connectivity index (χ0n) is 21.6. The molecule has 1 aliphatic heterocycles. The molecule has 2 amide bonds. The first-order valence-corrected chi connectivity index (χ1v) is 12.8. The second kappa shape index (κ2) is 11.4. The Labute approximate surface area is 231 Å². The fraction of sp³-hybridized carbons (Fsp3) is 0.207. The van der Waals surface area contributed by atoms with Crippen LogP contribution < -0.4 is 25.0 Å². The minimum atomic E-state index is -0.361. The van der Waals surface area contributed by atoms with Crippen LogP contribution in [0.3, 0.4) is 0 Å². The molecular weight excluding hydrogens is 516 g/mol. The van der Waals surface area contributed by atoms with E-state index in [9.17, 15) is 9.59 Å². The molecular formula is C29H28N4O5S. The summed E-state index contributed by atoms with van der Waals surface area (Å²) in [6.07, 6.45) is 0. The van der Waals surface area contributed by atoms with Crippen LogP contribution in [0.15, 0.2) is 77.2 Å². The van der Waals surface area contributed by atoms with Gasteiger partial charge < -0.3 is 29.0 Å². The molecule has 39 heavy (non-hydrogen) atoms. The third-order valence-electron chi connectivity index (χ3n) is 6.57. The second-order valence-corrected chi connectivity index (χ2v) is 9.36. The van der Waals surface area contributed by atoms with Crippen molar-refractivity contribution in [3.63, 3.8) is 0 Å². The quantitative estimate of drug-likeness (QED) is 0.342. The number of rotatable bonds is 6. The van der Waals surface area contributed by atoms with E-state index in [2.05, 4.69) is 15.5 Å². The Morgan fingerprint density at radius 1 is 0.872 bits per heavy atom. The first-order valence-electron chi connectivity index (χ1n) is 12.4. The maximum Gasteiger partial charge on any atom is 0.289 e. The molecule has 0 aliphatic carbocycles. The maximum atomic E-state index is 12.9. The molecule has 0 unspecified atom stereocenters. The molecule has 2 N–H and O–H groups in total. The monoisotopic (exact) mass is 544 g/mol. The lowest BCUT2D eigenvalue weighted by molar-refractivity contribution is 0.0717. The van der Waals surface area contributed by atoms with Crippen LogP contribution in [0.1, 0.15) is 20.9 Å². The fourth-order valence-electron chi connectivity index (χ4n) is 4.48. The van der Waals surface area contributed by atoms with Crippen LogP contribution in [0, 0.1) is 0 Å². The minimum Gasteiger partial charge on any atom is -0.493 e. The van der Waals surface area contributed by atoms with Gasteiger partial charge >= 0.3 is 0 Å². The van der Waals surface area contributed by atoms with Crippen molar-refractivity contribution in [2.24, 2.45) is 0 Å². The fourth-order valence-corrected chi connectivity index (χ4v) is 4.69. The maximum absolute atomic E-state index is 12.9. The summed E-state index contributed by atoms with van der Waals surface area (Å²) in [5, 5.41) is 6.82. The van der Waals surface area contributed by atoms with Gasteiger partial charge in [0.2, 0.25) is 0 Å². The highest BCUT2D eigenvalue weighted by atomic mass is 32.1. The van der Waals surface area contributed by atoms with Crippen molar-refractivity contribution < 1.29 is 23.5 Å². The number of piperazine rings is 1. The Kier molecular flexibility index (Phi) is 7.64. The van der Waals surface area contributed by atoms with Crippen molar-refractivity contribution in [3.05, 3.63) is 84.1 Å². The van der Waals surface area contributed by atoms with Crippen LogP contribution >= 0.6 is 12.2 Å². The molecule has 3 aromatic carbocycles. The number of hydrogen-bond donors (Lipinski definition) is 2. The highest BCUT2D eigenvalue weighted by molar-refractivity contribution is 7.80. The highest BCUT2D eigenvalue weighted by Gasteiger charge is 2.24. The van der Waals surface area contributed by atoms with Gasteiger partial charge in [-0.25, -0.2) is 0 Å². The lowest BCUT2D eigenvalue weighted by Crippen LogP contribution is -2.48. The average Bonchev–Trinajstić information content (AvgIpc) is 3.41. The molecule has 1 aliphatic rings. The first kappa shape index (κ1) is 26.1. The van der Waals surface area contributed by atoms with E-state index >= 15 is 0 Å². The summed E-state index contributed by atoms with van der Waals surface area (Å²) in [6, 6.07) is 22.1. The third-order valence-corrected chi connectivity index (χ3v) is 6.77. The molecule has 4 aromatic rings. The lowest BCUT2D eigenvalue weighted by Gasteiger charge is -2.35. The number of fused-ring (bicyclic) bond motifs is 1. The lowest BCUT2D eigenvalue weighted by atomic mass is 10.2. The van der Waals surface area contributed by atoms with Crippen molar-refractivity contribution in [1.29, 1.82) is 0 Å². The van der Waals surface area contributed by atoms with Crippen molar-refractivity contribution in [1.82, 2.24) is 10.2 Å². The normalized spacial score (nSPS) is 13.2. The van der Waals surface area contributed by atoms with E-state index < -0.39 is 0 Å². The largest absolute Gasteiger partial charge is 0.493 e. The van der Waals surface area contributed by atoms with Gasteiger partial charge in [-0.3, -0.25) is 14.9 Å². The summed E-state index contributed by atoms with van der Waals surface area (Å²) in [4.78, 5) is 29.6. The predicted molar refractivity (Wildman–Crippen MR) is 154 cm³/mol. The summed E-state index contributed by atoms with van der Waals surface area (Å²) in [6.45, 7) is 2.61. The van der Waals surface area contributed by atoms with Crippen molar-refractivity contribution in [3.8, 4) is 11.5 Å². The molecule has 0 radical (unpaired) electrons. The van der Waals surface area contributed by atoms with Crippen LogP contribution in [-0.4, -0.2) is 62.2 Å². The molecule has 2 heterocycles. The number of thiocarbonyl (C=S) groups is 1. The average molecular weight is 545 g/mol. The van der Waals surface area contributed by atoms with Crippen LogP contribution in [0.4, 0.5) is 11.4 Å². The number of carbonyl (C=O) groups excluding carboxylic acids is 2. The zero-order valence-corrected chi connectivity index (χ0v) is 22.4. The van der Waals surface area contributed by atoms with Gasteiger partial charge in [-0.2, -0.15) is 0 Å². The van der Waals surface area contributed by atoms with Gasteiger partial charge in [-0.1, -0.05) is 18.2 Å². The molecule has 0 spiro atoms. The molecule has 10 heteroatoms. The molecule has 0 saturated carbocycles. The van der Waals surface area contributed by atoms with E-state index in [4.69, 9.17) is 26.1 Å². The third kappa shape index (κ3) is 5.80. The molecule has 200 valence electrons. The Hall–Kier alpha value is -4.57. The number of amides is 2. The number of nitrogens with one attached hydrogen (secondary N) is 2. The van der Waals surface area contributed by atoms with Gasteiger partial charge in [0, 0.05) is 48.5 Å². The number of para-hydroxylation sites is 1. The molecule has 1 fully saturated rings. The van der Waals surface area contributed by atoms with E-state index in [0.717, 1.165) is 16.8 Å². The Morgan fingerprint density at radius 2 is 1.59 bits per heavy atom. The van der Waals surface area contributed by atoms with Gasteiger partial charge in [-0.05, 0) is 66.8 Å². The van der Waals surface area contributed by atoms with E-state index in [1.54, 1.807) is 24.3 Å². The zero-order chi connectivity index (χ0) is 27.4. The van der Waals surface area contributed by atoms with Gasteiger partial charge in [0.05, 0.1) is 14.2 Å². The number of benzene rings is 3. The van der Waals surface area contributed by atoms with Gasteiger partial charge in [0.1, 0.15) is 5.58 Å². The van der Waals surface area contributed by atoms with E-state index in [0.29, 0.717) is 54.6 Å². The van der Waals surface area contributed by atoms with Crippen LogP contribution in [0.2, 0.25) is 0 Å². The van der Waals surface area contributed by atoms with Crippen molar-refractivity contribution in [2.45, 2.75) is 0 Å². The summed E-state index contributed by atoms with van der Waals surface area (Å²) in [5.41, 5.74) is 2.89. The van der Waals surface area contributed by atoms with E-state index in [1.807, 2.05) is 53.4 Å². The smallest absolute Gasteiger partial charge is 0.289 e. The van der Waals surface area contributed by atoms with Gasteiger partial charge in [0.25, 0.3) is 11.8 Å². The second-order valence-electron chi connectivity index (χ2n) is 8.95.